The van der Waals surface area contributed by atoms with Gasteiger partial charge in [-0.15, -0.1) is 0 Å². The Morgan fingerprint density at radius 3 is 2.81 bits per heavy atom. The van der Waals surface area contributed by atoms with Crippen LogP contribution in [0.25, 0.3) is 0 Å². The first-order valence-corrected chi connectivity index (χ1v) is 5.38. The minimum Gasteiger partial charge on any atom is -0.332 e. The lowest BCUT2D eigenvalue weighted by Gasteiger charge is -2.22. The van der Waals surface area contributed by atoms with Crippen molar-refractivity contribution in [2.24, 2.45) is 0 Å². The molecular formula is C11H15N3O2. The maximum atomic E-state index is 11.5. The molecule has 2 heterocycles. The second-order valence-corrected chi connectivity index (χ2v) is 4.33. The summed E-state index contributed by atoms with van der Waals surface area (Å²) in [4.78, 5) is 24.3. The number of Topliss-reactive ketones (excluding diaryl/α,β-unsaturated/α-hetero) is 1. The van der Waals surface area contributed by atoms with E-state index in [1.807, 2.05) is 19.9 Å². The number of carbonyl (C=O) groups excluding carboxylic acids is 2. The van der Waals surface area contributed by atoms with Gasteiger partial charge in [-0.25, -0.2) is 0 Å². The average molecular weight is 221 g/mol. The van der Waals surface area contributed by atoms with Crippen LogP contribution in [0.2, 0.25) is 0 Å². The fraction of sp³-hybridized carbons (Fsp3) is 0.545. The Bertz CT molecular complexity index is 425. The molecule has 1 N–H and O–H groups in total. The summed E-state index contributed by atoms with van der Waals surface area (Å²) in [6.45, 7) is 4.13. The number of amides is 1. The van der Waals surface area contributed by atoms with E-state index in [1.165, 1.54) is 0 Å². The molecule has 16 heavy (non-hydrogen) atoms. The smallest absolute Gasteiger partial charge is 0.230 e. The predicted molar refractivity (Wildman–Crippen MR) is 57.8 cm³/mol. The number of aryl methyl sites for hydroxylation is 1. The van der Waals surface area contributed by atoms with Crippen molar-refractivity contribution in [3.63, 3.8) is 0 Å². The van der Waals surface area contributed by atoms with Crippen LogP contribution in [0.5, 0.6) is 0 Å². The van der Waals surface area contributed by atoms with E-state index in [-0.39, 0.29) is 30.7 Å². The van der Waals surface area contributed by atoms with Gasteiger partial charge in [0.2, 0.25) is 5.91 Å². The molecule has 0 aromatic carbocycles. The van der Waals surface area contributed by atoms with Gasteiger partial charge in [-0.2, -0.15) is 5.10 Å². The summed E-state index contributed by atoms with van der Waals surface area (Å²) in [5.74, 6) is -0.0557. The SMILES string of the molecule is Cc1cc(CC(C)N2CC(=O)CC2=O)n[nH]1. The molecule has 1 aliphatic heterocycles. The number of aromatic nitrogens is 2. The van der Waals surface area contributed by atoms with Gasteiger partial charge in [0.25, 0.3) is 0 Å². The maximum absolute atomic E-state index is 11.5. The van der Waals surface area contributed by atoms with Gasteiger partial charge in [-0.1, -0.05) is 0 Å². The van der Waals surface area contributed by atoms with E-state index in [0.717, 1.165) is 11.4 Å². The normalized spacial score (nSPS) is 18.2. The first-order valence-electron chi connectivity index (χ1n) is 5.38. The van der Waals surface area contributed by atoms with Crippen LogP contribution in [-0.4, -0.2) is 39.4 Å². The van der Waals surface area contributed by atoms with E-state index in [9.17, 15) is 9.59 Å². The van der Waals surface area contributed by atoms with Crippen molar-refractivity contribution in [3.05, 3.63) is 17.5 Å². The van der Waals surface area contributed by atoms with Gasteiger partial charge in [0.05, 0.1) is 18.7 Å². The number of nitrogens with zero attached hydrogens (tertiary/aromatic N) is 2. The van der Waals surface area contributed by atoms with Gasteiger partial charge >= 0.3 is 0 Å². The quantitative estimate of drug-likeness (QED) is 0.754. The minimum atomic E-state index is -0.0650. The molecular weight excluding hydrogens is 206 g/mol. The molecule has 1 unspecified atom stereocenters. The van der Waals surface area contributed by atoms with Crippen molar-refractivity contribution in [1.82, 2.24) is 15.1 Å². The van der Waals surface area contributed by atoms with Crippen LogP contribution in [0, 0.1) is 6.92 Å². The number of likely N-dealkylation sites (tertiary alicyclic amines) is 1. The van der Waals surface area contributed by atoms with Crippen molar-refractivity contribution in [1.29, 1.82) is 0 Å². The number of aromatic amines is 1. The Morgan fingerprint density at radius 2 is 2.31 bits per heavy atom. The van der Waals surface area contributed by atoms with Crippen molar-refractivity contribution in [2.75, 3.05) is 6.54 Å². The molecule has 1 aliphatic rings. The van der Waals surface area contributed by atoms with Crippen LogP contribution in [0.1, 0.15) is 24.7 Å². The molecule has 1 amide bonds. The molecule has 0 bridgehead atoms. The lowest BCUT2D eigenvalue weighted by molar-refractivity contribution is -0.129. The Hall–Kier alpha value is -1.65. The van der Waals surface area contributed by atoms with Crippen LogP contribution in [0.15, 0.2) is 6.07 Å². The monoisotopic (exact) mass is 221 g/mol. The summed E-state index contributed by atoms with van der Waals surface area (Å²) in [5.41, 5.74) is 1.93. The lowest BCUT2D eigenvalue weighted by atomic mass is 10.1. The van der Waals surface area contributed by atoms with Crippen LogP contribution in [0.3, 0.4) is 0 Å². The molecule has 0 saturated carbocycles. The van der Waals surface area contributed by atoms with Gasteiger partial charge in [-0.3, -0.25) is 14.7 Å². The number of carbonyl (C=O) groups is 2. The molecule has 1 aromatic rings. The Labute approximate surface area is 93.8 Å². The van der Waals surface area contributed by atoms with E-state index in [2.05, 4.69) is 10.2 Å². The summed E-state index contributed by atoms with van der Waals surface area (Å²) in [5, 5.41) is 6.99. The molecule has 1 saturated heterocycles. The standard InChI is InChI=1S/C11H15N3O2/c1-7-3-9(13-12-7)4-8(2)14-6-10(15)5-11(14)16/h3,8H,4-6H2,1-2H3,(H,12,13). The van der Waals surface area contributed by atoms with Crippen molar-refractivity contribution in [3.8, 4) is 0 Å². The van der Waals surface area contributed by atoms with Crippen LogP contribution in [0.4, 0.5) is 0 Å². The van der Waals surface area contributed by atoms with E-state index < -0.39 is 0 Å². The summed E-state index contributed by atoms with van der Waals surface area (Å²) in [6, 6.07) is 1.99. The number of hydrogen-bond acceptors (Lipinski definition) is 3. The van der Waals surface area contributed by atoms with E-state index in [4.69, 9.17) is 0 Å². The third kappa shape index (κ3) is 2.13. The van der Waals surface area contributed by atoms with Crippen molar-refractivity contribution in [2.45, 2.75) is 32.7 Å². The number of ketones is 1. The average Bonchev–Trinajstić information content (AvgIpc) is 2.73. The summed E-state index contributed by atoms with van der Waals surface area (Å²) >= 11 is 0. The van der Waals surface area contributed by atoms with Gasteiger partial charge < -0.3 is 4.90 Å². The zero-order chi connectivity index (χ0) is 11.7. The molecule has 1 atom stereocenters. The molecule has 0 spiro atoms. The fourth-order valence-corrected chi connectivity index (χ4v) is 2.00. The minimum absolute atomic E-state index is 0.00931. The highest BCUT2D eigenvalue weighted by atomic mass is 16.2. The molecule has 1 aromatic heterocycles. The fourth-order valence-electron chi connectivity index (χ4n) is 2.00. The molecule has 0 radical (unpaired) electrons. The maximum Gasteiger partial charge on any atom is 0.230 e. The third-order valence-corrected chi connectivity index (χ3v) is 2.81. The summed E-state index contributed by atoms with van der Waals surface area (Å²) in [6.07, 6.45) is 0.743. The largest absolute Gasteiger partial charge is 0.332 e. The first-order chi connectivity index (χ1) is 7.56. The lowest BCUT2D eigenvalue weighted by Crippen LogP contribution is -2.36. The number of nitrogens with one attached hydrogen (secondary N) is 1. The van der Waals surface area contributed by atoms with Gasteiger partial charge in [0.15, 0.2) is 5.78 Å². The van der Waals surface area contributed by atoms with Gasteiger partial charge in [0.1, 0.15) is 0 Å². The van der Waals surface area contributed by atoms with Crippen molar-refractivity contribution >= 4 is 11.7 Å². The number of rotatable bonds is 3. The highest BCUT2D eigenvalue weighted by Crippen LogP contribution is 2.14. The number of H-pyrrole nitrogens is 1. The van der Waals surface area contributed by atoms with E-state index >= 15 is 0 Å². The topological polar surface area (TPSA) is 66.1 Å². The summed E-state index contributed by atoms with van der Waals surface area (Å²) < 4.78 is 0. The Kier molecular flexibility index (Phi) is 2.77. The zero-order valence-corrected chi connectivity index (χ0v) is 9.49. The predicted octanol–water partition coefficient (Wildman–Crippen LogP) is 0.451. The van der Waals surface area contributed by atoms with Crippen LogP contribution in [-0.2, 0) is 16.0 Å². The number of hydrogen-bond donors (Lipinski definition) is 1. The van der Waals surface area contributed by atoms with E-state index in [1.54, 1.807) is 4.90 Å². The second kappa shape index (κ2) is 4.08. The zero-order valence-electron chi connectivity index (χ0n) is 9.49. The molecule has 2 rings (SSSR count). The molecule has 86 valence electrons. The Morgan fingerprint density at radius 1 is 1.56 bits per heavy atom. The van der Waals surface area contributed by atoms with Gasteiger partial charge in [-0.05, 0) is 19.9 Å². The highest BCUT2D eigenvalue weighted by Gasteiger charge is 2.31. The van der Waals surface area contributed by atoms with Gasteiger partial charge in [0, 0.05) is 18.2 Å². The Balaban J connectivity index is 2.00. The van der Waals surface area contributed by atoms with Crippen molar-refractivity contribution < 1.29 is 9.59 Å². The second-order valence-electron chi connectivity index (χ2n) is 4.33. The highest BCUT2D eigenvalue weighted by molar-refractivity contribution is 6.05. The molecule has 1 fully saturated rings. The van der Waals surface area contributed by atoms with Crippen LogP contribution < -0.4 is 0 Å². The summed E-state index contributed by atoms with van der Waals surface area (Å²) in [7, 11) is 0. The van der Waals surface area contributed by atoms with E-state index in [0.29, 0.717) is 6.42 Å². The molecule has 5 heteroatoms. The first kappa shape index (κ1) is 10.9. The molecule has 5 nitrogen and oxygen atoms in total. The molecule has 0 aliphatic carbocycles. The third-order valence-electron chi connectivity index (χ3n) is 2.81. The van der Waals surface area contributed by atoms with Crippen LogP contribution >= 0.6 is 0 Å².